The minimum Gasteiger partial charge on any atom is -0.378 e. The van der Waals surface area contributed by atoms with Gasteiger partial charge in [0.2, 0.25) is 0 Å². The van der Waals surface area contributed by atoms with Crippen LogP contribution in [0.5, 0.6) is 0 Å². The van der Waals surface area contributed by atoms with Gasteiger partial charge in [-0.15, -0.1) is 0 Å². The average Bonchev–Trinajstić information content (AvgIpc) is 3.26. The predicted octanol–water partition coefficient (Wildman–Crippen LogP) is 6.58. The van der Waals surface area contributed by atoms with E-state index in [1.54, 1.807) is 6.07 Å². The number of benzene rings is 3. The summed E-state index contributed by atoms with van der Waals surface area (Å²) in [6.45, 7) is 3.82. The van der Waals surface area contributed by atoms with Crippen LogP contribution in [-0.2, 0) is 10.0 Å². The Balaban J connectivity index is 1.50. The zero-order valence-corrected chi connectivity index (χ0v) is 19.5. The standard InChI is InChI=1S/C26H25ClN2O2S/c1-16-5-3-6-17(2)25(16)29-32(30,31)20-13-14-24-23(15-20)21-7-4-8-22(21)26(28-24)18-9-11-19(27)12-10-18/h3-7,9-15,21-22,26,28-29H,8H2,1-2H3/t21-,22-,26+/m1/s1. The van der Waals surface area contributed by atoms with E-state index in [9.17, 15) is 8.42 Å². The van der Waals surface area contributed by atoms with Crippen molar-refractivity contribution in [2.75, 3.05) is 10.0 Å². The van der Waals surface area contributed by atoms with Crippen molar-refractivity contribution in [1.82, 2.24) is 0 Å². The van der Waals surface area contributed by atoms with E-state index in [0.29, 0.717) is 11.6 Å². The van der Waals surface area contributed by atoms with Gasteiger partial charge in [0.15, 0.2) is 0 Å². The average molecular weight is 465 g/mol. The Morgan fingerprint density at radius 3 is 2.44 bits per heavy atom. The Bertz CT molecular complexity index is 1300. The molecule has 3 aromatic rings. The first-order chi connectivity index (χ1) is 15.3. The molecule has 4 nitrogen and oxygen atoms in total. The van der Waals surface area contributed by atoms with Crippen LogP contribution < -0.4 is 10.0 Å². The molecular formula is C26H25ClN2O2S. The molecule has 3 aromatic carbocycles. The van der Waals surface area contributed by atoms with Gasteiger partial charge in [0.1, 0.15) is 0 Å². The lowest BCUT2D eigenvalue weighted by Crippen LogP contribution is -2.29. The summed E-state index contributed by atoms with van der Waals surface area (Å²) < 4.78 is 29.3. The maximum atomic E-state index is 13.2. The fourth-order valence-corrected chi connectivity index (χ4v) is 6.27. The van der Waals surface area contributed by atoms with Crippen LogP contribution in [0.2, 0.25) is 5.02 Å². The summed E-state index contributed by atoms with van der Waals surface area (Å²) in [7, 11) is -3.71. The Labute approximate surface area is 194 Å². The molecule has 0 saturated heterocycles. The van der Waals surface area contributed by atoms with Gasteiger partial charge in [-0.25, -0.2) is 8.42 Å². The highest BCUT2D eigenvalue weighted by Crippen LogP contribution is 2.50. The highest BCUT2D eigenvalue weighted by atomic mass is 35.5. The summed E-state index contributed by atoms with van der Waals surface area (Å²) in [4.78, 5) is 0.282. The first-order valence-corrected chi connectivity index (χ1v) is 12.6. The summed E-state index contributed by atoms with van der Waals surface area (Å²) >= 11 is 6.08. The number of rotatable bonds is 4. The van der Waals surface area contributed by atoms with Crippen molar-refractivity contribution in [1.29, 1.82) is 0 Å². The quantitative estimate of drug-likeness (QED) is 0.428. The van der Waals surface area contributed by atoms with Crippen molar-refractivity contribution in [3.05, 3.63) is 100 Å². The van der Waals surface area contributed by atoms with Gasteiger partial charge in [0.05, 0.1) is 16.6 Å². The molecule has 0 radical (unpaired) electrons. The fourth-order valence-electron chi connectivity index (χ4n) is 4.91. The van der Waals surface area contributed by atoms with Gasteiger partial charge >= 0.3 is 0 Å². The molecular weight excluding hydrogens is 440 g/mol. The summed E-state index contributed by atoms with van der Waals surface area (Å²) in [5.41, 5.74) is 5.63. The molecule has 164 valence electrons. The molecule has 2 N–H and O–H groups in total. The second kappa shape index (κ2) is 7.98. The highest BCUT2D eigenvalue weighted by molar-refractivity contribution is 7.92. The van der Waals surface area contributed by atoms with Gasteiger partial charge in [0.25, 0.3) is 10.0 Å². The van der Waals surface area contributed by atoms with E-state index in [2.05, 4.69) is 34.3 Å². The van der Waals surface area contributed by atoms with Crippen molar-refractivity contribution in [3.63, 3.8) is 0 Å². The molecule has 0 unspecified atom stereocenters. The molecule has 0 amide bonds. The molecule has 0 bridgehead atoms. The Kier molecular flexibility index (Phi) is 5.26. The lowest BCUT2D eigenvalue weighted by molar-refractivity contribution is 0.425. The van der Waals surface area contributed by atoms with Crippen LogP contribution in [-0.4, -0.2) is 8.42 Å². The second-order valence-corrected chi connectivity index (χ2v) is 10.8. The first kappa shape index (κ1) is 21.1. The lowest BCUT2D eigenvalue weighted by atomic mass is 9.77. The Morgan fingerprint density at radius 2 is 1.72 bits per heavy atom. The third-order valence-corrected chi connectivity index (χ3v) is 8.19. The second-order valence-electron chi connectivity index (χ2n) is 8.65. The number of halogens is 1. The van der Waals surface area contributed by atoms with Crippen LogP contribution in [0, 0.1) is 19.8 Å². The molecule has 32 heavy (non-hydrogen) atoms. The zero-order valence-electron chi connectivity index (χ0n) is 18.0. The van der Waals surface area contributed by atoms with Gasteiger partial charge in [-0.3, -0.25) is 4.72 Å². The van der Waals surface area contributed by atoms with E-state index in [-0.39, 0.29) is 16.9 Å². The van der Waals surface area contributed by atoms with Crippen LogP contribution in [0.3, 0.4) is 0 Å². The van der Waals surface area contributed by atoms with E-state index >= 15 is 0 Å². The largest absolute Gasteiger partial charge is 0.378 e. The zero-order chi connectivity index (χ0) is 22.5. The minimum absolute atomic E-state index is 0.148. The number of para-hydroxylation sites is 1. The van der Waals surface area contributed by atoms with Crippen LogP contribution in [0.1, 0.15) is 40.6 Å². The molecule has 3 atom stereocenters. The SMILES string of the molecule is Cc1cccc(C)c1NS(=O)(=O)c1ccc2c(c1)[C@@H]1C=CC[C@H]1[C@H](c1ccc(Cl)cc1)N2. The Hall–Kier alpha value is -2.76. The maximum absolute atomic E-state index is 13.2. The van der Waals surface area contributed by atoms with E-state index in [1.165, 1.54) is 5.56 Å². The molecule has 0 saturated carbocycles. The third kappa shape index (κ3) is 3.70. The molecule has 5 rings (SSSR count). The summed E-state index contributed by atoms with van der Waals surface area (Å²) in [5.74, 6) is 0.496. The molecule has 2 aliphatic rings. The first-order valence-electron chi connectivity index (χ1n) is 10.7. The van der Waals surface area contributed by atoms with Crippen LogP contribution in [0.4, 0.5) is 11.4 Å². The number of sulfonamides is 1. The van der Waals surface area contributed by atoms with E-state index in [0.717, 1.165) is 33.8 Å². The number of anilines is 2. The smallest absolute Gasteiger partial charge is 0.261 e. The number of hydrogen-bond donors (Lipinski definition) is 2. The van der Waals surface area contributed by atoms with Crippen LogP contribution in [0.25, 0.3) is 0 Å². The number of hydrogen-bond acceptors (Lipinski definition) is 3. The van der Waals surface area contributed by atoms with Crippen molar-refractivity contribution in [2.24, 2.45) is 5.92 Å². The van der Waals surface area contributed by atoms with Crippen molar-refractivity contribution in [2.45, 2.75) is 37.1 Å². The fraction of sp³-hybridized carbons (Fsp3) is 0.231. The molecule has 1 aliphatic heterocycles. The van der Waals surface area contributed by atoms with Crippen molar-refractivity contribution in [3.8, 4) is 0 Å². The van der Waals surface area contributed by atoms with Crippen molar-refractivity contribution < 1.29 is 8.42 Å². The van der Waals surface area contributed by atoms with Gasteiger partial charge in [0, 0.05) is 16.6 Å². The van der Waals surface area contributed by atoms with Gasteiger partial charge in [-0.1, -0.05) is 54.1 Å². The normalized spacial score (nSPS) is 21.5. The summed E-state index contributed by atoms with van der Waals surface area (Å²) in [6.07, 6.45) is 5.36. The maximum Gasteiger partial charge on any atom is 0.261 e. The number of aryl methyl sites for hydroxylation is 2. The minimum atomic E-state index is -3.71. The van der Waals surface area contributed by atoms with Gasteiger partial charge in [-0.05, 0) is 78.8 Å². The number of nitrogens with one attached hydrogen (secondary N) is 2. The van der Waals surface area contributed by atoms with E-state index < -0.39 is 10.0 Å². The lowest BCUT2D eigenvalue weighted by Gasteiger charge is -2.37. The molecule has 0 fully saturated rings. The topological polar surface area (TPSA) is 58.2 Å². The Morgan fingerprint density at radius 1 is 1.00 bits per heavy atom. The predicted molar refractivity (Wildman–Crippen MR) is 131 cm³/mol. The van der Waals surface area contributed by atoms with Crippen LogP contribution in [0.15, 0.2) is 77.7 Å². The number of fused-ring (bicyclic) bond motifs is 3. The highest BCUT2D eigenvalue weighted by Gasteiger charge is 2.38. The van der Waals surface area contributed by atoms with E-state index in [4.69, 9.17) is 11.6 Å². The van der Waals surface area contributed by atoms with Gasteiger partial charge in [-0.2, -0.15) is 0 Å². The summed E-state index contributed by atoms with van der Waals surface area (Å²) in [5, 5.41) is 4.37. The van der Waals surface area contributed by atoms with E-state index in [1.807, 2.05) is 56.3 Å². The number of allylic oxidation sites excluding steroid dienone is 2. The molecule has 1 heterocycles. The molecule has 0 aromatic heterocycles. The molecule has 1 aliphatic carbocycles. The third-order valence-electron chi connectivity index (χ3n) is 6.59. The molecule has 0 spiro atoms. The van der Waals surface area contributed by atoms with Crippen LogP contribution >= 0.6 is 11.6 Å². The van der Waals surface area contributed by atoms with Gasteiger partial charge < -0.3 is 5.32 Å². The monoisotopic (exact) mass is 464 g/mol. The van der Waals surface area contributed by atoms with Crippen molar-refractivity contribution >= 4 is 33.0 Å². The summed E-state index contributed by atoms with van der Waals surface area (Å²) in [6, 6.07) is 19.2. The molecule has 6 heteroatoms.